The summed E-state index contributed by atoms with van der Waals surface area (Å²) in [5, 5.41) is 4.21. The molecule has 11 heteroatoms. The van der Waals surface area contributed by atoms with Crippen LogP contribution < -0.4 is 9.46 Å². The molecule has 2 heterocycles. The topological polar surface area (TPSA) is 120 Å². The molecule has 0 radical (unpaired) electrons. The molecule has 0 bridgehead atoms. The predicted molar refractivity (Wildman–Crippen MR) is 107 cm³/mol. The third-order valence-corrected chi connectivity index (χ3v) is 7.24. The molecule has 0 atom stereocenters. The maximum absolute atomic E-state index is 12.8. The Morgan fingerprint density at radius 2 is 1.72 bits per heavy atom. The lowest BCUT2D eigenvalue weighted by Gasteiger charge is -2.11. The second kappa shape index (κ2) is 7.84. The number of nitrogens with one attached hydrogen (secondary N) is 1. The minimum absolute atomic E-state index is 0.0668. The molecule has 2 aromatic heterocycles. The van der Waals surface area contributed by atoms with Gasteiger partial charge in [0.25, 0.3) is 10.0 Å². The van der Waals surface area contributed by atoms with Crippen LogP contribution in [-0.4, -0.2) is 37.4 Å². The molecular weight excluding hydrogens is 416 g/mol. The van der Waals surface area contributed by atoms with Crippen LogP contribution >= 0.6 is 0 Å². The zero-order valence-electron chi connectivity index (χ0n) is 16.0. The Morgan fingerprint density at radius 1 is 1.07 bits per heavy atom. The second-order valence-corrected chi connectivity index (χ2v) is 10.1. The van der Waals surface area contributed by atoms with Gasteiger partial charge in [-0.2, -0.15) is 5.10 Å². The van der Waals surface area contributed by atoms with Crippen molar-refractivity contribution in [2.45, 2.75) is 23.6 Å². The van der Waals surface area contributed by atoms with E-state index in [2.05, 4.69) is 14.8 Å². The van der Waals surface area contributed by atoms with E-state index in [0.29, 0.717) is 11.4 Å². The van der Waals surface area contributed by atoms with Gasteiger partial charge in [0.2, 0.25) is 5.88 Å². The number of rotatable bonds is 7. The Hall–Kier alpha value is -2.92. The molecule has 0 aliphatic carbocycles. The molecule has 0 spiro atoms. The number of aryl methyl sites for hydroxylation is 2. The van der Waals surface area contributed by atoms with E-state index in [1.807, 2.05) is 0 Å². The summed E-state index contributed by atoms with van der Waals surface area (Å²) in [7, 11) is -5.79. The third kappa shape index (κ3) is 4.40. The predicted octanol–water partition coefficient (Wildman–Crippen LogP) is 2.51. The molecule has 0 unspecified atom stereocenters. The molecule has 0 aliphatic heterocycles. The van der Waals surface area contributed by atoms with E-state index in [0.717, 1.165) is 0 Å². The van der Waals surface area contributed by atoms with Gasteiger partial charge >= 0.3 is 0 Å². The highest BCUT2D eigenvalue weighted by molar-refractivity contribution is 7.92. The summed E-state index contributed by atoms with van der Waals surface area (Å²) in [5.74, 6) is 0.552. The molecular formula is C18H20N4O5S2. The van der Waals surface area contributed by atoms with Crippen molar-refractivity contribution < 1.29 is 21.6 Å². The quantitative estimate of drug-likeness (QED) is 0.604. The smallest absolute Gasteiger partial charge is 0.262 e. The SMILES string of the molecule is CCS(=O)(=O)c1ccc(S(=O)(=O)Nc2c(C)nn(C)c2Oc2cccnc2)cc1. The van der Waals surface area contributed by atoms with Gasteiger partial charge in [-0.25, -0.2) is 21.5 Å². The summed E-state index contributed by atoms with van der Waals surface area (Å²) in [4.78, 5) is 3.95. The van der Waals surface area contributed by atoms with Crippen molar-refractivity contribution in [3.63, 3.8) is 0 Å². The molecule has 0 saturated carbocycles. The Labute approximate surface area is 169 Å². The van der Waals surface area contributed by atoms with Crippen LogP contribution in [0.5, 0.6) is 11.6 Å². The first kappa shape index (κ1) is 20.8. The summed E-state index contributed by atoms with van der Waals surface area (Å²) in [6.07, 6.45) is 3.08. The van der Waals surface area contributed by atoms with Gasteiger partial charge in [-0.05, 0) is 43.3 Å². The van der Waals surface area contributed by atoms with Crippen molar-refractivity contribution in [2.75, 3.05) is 10.5 Å². The fourth-order valence-electron chi connectivity index (χ4n) is 2.58. The van der Waals surface area contributed by atoms with Crippen LogP contribution in [0.4, 0.5) is 5.69 Å². The van der Waals surface area contributed by atoms with Crippen LogP contribution in [0.2, 0.25) is 0 Å². The number of benzene rings is 1. The molecule has 3 rings (SSSR count). The summed E-state index contributed by atoms with van der Waals surface area (Å²) in [5.41, 5.74) is 0.599. The molecule has 3 aromatic rings. The Balaban J connectivity index is 1.93. The van der Waals surface area contributed by atoms with E-state index in [4.69, 9.17) is 4.74 Å². The van der Waals surface area contributed by atoms with Crippen LogP contribution in [-0.2, 0) is 26.9 Å². The Kier molecular flexibility index (Phi) is 5.62. The highest BCUT2D eigenvalue weighted by Gasteiger charge is 2.23. The first-order valence-electron chi connectivity index (χ1n) is 8.61. The first-order chi connectivity index (χ1) is 13.6. The molecule has 9 nitrogen and oxygen atoms in total. The van der Waals surface area contributed by atoms with Gasteiger partial charge in [0, 0.05) is 13.2 Å². The largest absolute Gasteiger partial charge is 0.436 e. The average Bonchev–Trinajstić information content (AvgIpc) is 2.95. The number of anilines is 1. The molecule has 0 saturated heterocycles. The van der Waals surface area contributed by atoms with Gasteiger partial charge < -0.3 is 4.74 Å². The monoisotopic (exact) mass is 436 g/mol. The van der Waals surface area contributed by atoms with Gasteiger partial charge in [0.15, 0.2) is 9.84 Å². The summed E-state index contributed by atoms with van der Waals surface area (Å²) < 4.78 is 59.2. The van der Waals surface area contributed by atoms with Crippen LogP contribution in [0.25, 0.3) is 0 Å². The van der Waals surface area contributed by atoms with Gasteiger partial charge in [0.1, 0.15) is 11.4 Å². The third-order valence-electron chi connectivity index (χ3n) is 4.13. The van der Waals surface area contributed by atoms with Crippen LogP contribution in [0.1, 0.15) is 12.6 Å². The summed E-state index contributed by atoms with van der Waals surface area (Å²) >= 11 is 0. The summed E-state index contributed by atoms with van der Waals surface area (Å²) in [6, 6.07) is 8.42. The molecule has 0 aliphatic rings. The highest BCUT2D eigenvalue weighted by atomic mass is 32.2. The van der Waals surface area contributed by atoms with Crippen LogP contribution in [0.15, 0.2) is 58.6 Å². The van der Waals surface area contributed by atoms with Crippen molar-refractivity contribution in [1.82, 2.24) is 14.8 Å². The van der Waals surface area contributed by atoms with Gasteiger partial charge in [-0.3, -0.25) is 9.71 Å². The number of nitrogens with zero attached hydrogens (tertiary/aromatic N) is 3. The molecule has 0 amide bonds. The average molecular weight is 437 g/mol. The number of pyridine rings is 1. The maximum atomic E-state index is 12.8. The second-order valence-electron chi connectivity index (χ2n) is 6.16. The van der Waals surface area contributed by atoms with Crippen LogP contribution in [0.3, 0.4) is 0 Å². The number of hydrogen-bond acceptors (Lipinski definition) is 7. The minimum atomic E-state index is -4.00. The molecule has 29 heavy (non-hydrogen) atoms. The number of sulfonamides is 1. The van der Waals surface area contributed by atoms with Crippen molar-refractivity contribution in [3.05, 3.63) is 54.5 Å². The van der Waals surface area contributed by atoms with Gasteiger partial charge in [-0.1, -0.05) is 6.92 Å². The van der Waals surface area contributed by atoms with Crippen molar-refractivity contribution in [2.24, 2.45) is 7.05 Å². The van der Waals surface area contributed by atoms with Gasteiger partial charge in [-0.15, -0.1) is 0 Å². The van der Waals surface area contributed by atoms with E-state index in [9.17, 15) is 16.8 Å². The lowest BCUT2D eigenvalue weighted by Crippen LogP contribution is -2.14. The van der Waals surface area contributed by atoms with Crippen molar-refractivity contribution in [1.29, 1.82) is 0 Å². The zero-order valence-corrected chi connectivity index (χ0v) is 17.7. The maximum Gasteiger partial charge on any atom is 0.262 e. The number of ether oxygens (including phenoxy) is 1. The van der Waals surface area contributed by atoms with Crippen molar-refractivity contribution in [3.8, 4) is 11.6 Å². The molecule has 0 fully saturated rings. The van der Waals surface area contributed by atoms with Crippen molar-refractivity contribution >= 4 is 25.5 Å². The fraction of sp³-hybridized carbons (Fsp3) is 0.222. The number of hydrogen-bond donors (Lipinski definition) is 1. The van der Waals surface area contributed by atoms with E-state index in [-0.39, 0.29) is 27.1 Å². The molecule has 1 aromatic carbocycles. The van der Waals surface area contributed by atoms with E-state index in [1.165, 1.54) is 42.1 Å². The van der Waals surface area contributed by atoms with Crippen LogP contribution in [0, 0.1) is 6.92 Å². The number of aromatic nitrogens is 3. The first-order valence-corrected chi connectivity index (χ1v) is 11.7. The molecule has 154 valence electrons. The fourth-order valence-corrected chi connectivity index (χ4v) is 4.58. The minimum Gasteiger partial charge on any atom is -0.436 e. The Bertz CT molecular complexity index is 1220. The standard InChI is InChI=1S/C18H20N4O5S2/c1-4-28(23,24)15-7-9-16(10-8-15)29(25,26)21-17-13(2)20-22(3)18(17)27-14-6-5-11-19-12-14/h5-12,21H,4H2,1-3H3. The molecule has 1 N–H and O–H groups in total. The lowest BCUT2D eigenvalue weighted by molar-refractivity contribution is 0.430. The normalized spacial score (nSPS) is 12.0. The number of sulfone groups is 1. The highest BCUT2D eigenvalue weighted by Crippen LogP contribution is 2.33. The summed E-state index contributed by atoms with van der Waals surface area (Å²) in [6.45, 7) is 3.17. The Morgan fingerprint density at radius 3 is 2.31 bits per heavy atom. The lowest BCUT2D eigenvalue weighted by atomic mass is 10.4. The van der Waals surface area contributed by atoms with E-state index >= 15 is 0 Å². The van der Waals surface area contributed by atoms with Gasteiger partial charge in [0.05, 0.1) is 27.4 Å². The van der Waals surface area contributed by atoms with E-state index in [1.54, 1.807) is 32.3 Å². The van der Waals surface area contributed by atoms with E-state index < -0.39 is 19.9 Å². The zero-order chi connectivity index (χ0) is 21.2.